The summed E-state index contributed by atoms with van der Waals surface area (Å²) in [6, 6.07) is 4.05. The minimum Gasteiger partial charge on any atom is -0.352 e. The Kier molecular flexibility index (Phi) is 6.20. The van der Waals surface area contributed by atoms with Gasteiger partial charge in [-0.3, -0.25) is 9.00 Å². The molecule has 18 heavy (non-hydrogen) atoms. The lowest BCUT2D eigenvalue weighted by atomic mass is 10.2. The number of carbonyl (C=O) groups is 1. The van der Waals surface area contributed by atoms with Crippen LogP contribution in [0, 0.1) is 9.39 Å². The van der Waals surface area contributed by atoms with Gasteiger partial charge in [-0.1, -0.05) is 6.92 Å². The van der Waals surface area contributed by atoms with Gasteiger partial charge in [0.15, 0.2) is 0 Å². The van der Waals surface area contributed by atoms with E-state index in [1.54, 1.807) is 6.26 Å². The maximum Gasteiger partial charge on any atom is 0.252 e. The zero-order valence-electron chi connectivity index (χ0n) is 10.2. The van der Waals surface area contributed by atoms with Crippen LogP contribution in [0.15, 0.2) is 18.2 Å². The van der Waals surface area contributed by atoms with Crippen LogP contribution in [0.1, 0.15) is 23.7 Å². The first-order valence-corrected chi connectivity index (χ1v) is 8.17. The molecule has 0 saturated heterocycles. The fourth-order valence-electron chi connectivity index (χ4n) is 1.32. The first kappa shape index (κ1) is 15.6. The first-order chi connectivity index (χ1) is 8.41. The molecule has 0 aliphatic carbocycles. The van der Waals surface area contributed by atoms with Crippen molar-refractivity contribution in [3.8, 4) is 0 Å². The lowest BCUT2D eigenvalue weighted by Crippen LogP contribution is -2.28. The van der Waals surface area contributed by atoms with Gasteiger partial charge in [0.05, 0.1) is 5.56 Å². The van der Waals surface area contributed by atoms with Gasteiger partial charge in [0, 0.05) is 32.4 Å². The van der Waals surface area contributed by atoms with Crippen molar-refractivity contribution in [1.29, 1.82) is 0 Å². The Hall–Kier alpha value is -0.500. The van der Waals surface area contributed by atoms with Gasteiger partial charge in [-0.2, -0.15) is 0 Å². The lowest BCUT2D eigenvalue weighted by molar-refractivity contribution is 0.0952. The van der Waals surface area contributed by atoms with Crippen molar-refractivity contribution < 1.29 is 13.4 Å². The predicted octanol–water partition coefficient (Wildman–Crippen LogP) is 2.32. The quantitative estimate of drug-likeness (QED) is 0.794. The summed E-state index contributed by atoms with van der Waals surface area (Å²) in [7, 11) is -0.879. The minimum atomic E-state index is -0.879. The molecule has 0 bridgehead atoms. The average molecular weight is 383 g/mol. The van der Waals surface area contributed by atoms with Crippen molar-refractivity contribution in [1.82, 2.24) is 5.32 Å². The number of benzene rings is 1. The van der Waals surface area contributed by atoms with Gasteiger partial charge in [0.1, 0.15) is 5.82 Å². The van der Waals surface area contributed by atoms with Gasteiger partial charge in [0.2, 0.25) is 0 Å². The summed E-state index contributed by atoms with van der Waals surface area (Å²) in [5, 5.41) is 2.80. The molecule has 0 saturated carbocycles. The molecule has 1 rings (SSSR count). The second kappa shape index (κ2) is 7.18. The molecule has 6 heteroatoms. The molecule has 2 atom stereocenters. The number of halogens is 2. The van der Waals surface area contributed by atoms with E-state index in [0.29, 0.717) is 22.1 Å². The Balaban J connectivity index is 2.53. The highest BCUT2D eigenvalue weighted by molar-refractivity contribution is 14.1. The summed E-state index contributed by atoms with van der Waals surface area (Å²) in [4.78, 5) is 11.8. The molecular formula is C12H15FINO2S. The normalized spacial score (nSPS) is 14.0. The number of hydrogen-bond acceptors (Lipinski definition) is 2. The first-order valence-electron chi connectivity index (χ1n) is 5.47. The van der Waals surface area contributed by atoms with E-state index in [-0.39, 0.29) is 17.0 Å². The molecular weight excluding hydrogens is 368 g/mol. The van der Waals surface area contributed by atoms with Gasteiger partial charge >= 0.3 is 0 Å². The van der Waals surface area contributed by atoms with Crippen molar-refractivity contribution >= 4 is 39.3 Å². The molecule has 100 valence electrons. The van der Waals surface area contributed by atoms with Crippen LogP contribution in [-0.4, -0.2) is 28.2 Å². The van der Waals surface area contributed by atoms with Gasteiger partial charge in [-0.15, -0.1) is 0 Å². The van der Waals surface area contributed by atoms with Crippen molar-refractivity contribution in [2.24, 2.45) is 0 Å². The summed E-state index contributed by atoms with van der Waals surface area (Å²) in [5.74, 6) is -0.584. The van der Waals surface area contributed by atoms with E-state index in [2.05, 4.69) is 5.32 Å². The Morgan fingerprint density at radius 3 is 2.78 bits per heavy atom. The molecule has 3 nitrogen and oxygen atoms in total. The third-order valence-electron chi connectivity index (χ3n) is 2.58. The van der Waals surface area contributed by atoms with E-state index in [9.17, 15) is 13.4 Å². The number of carbonyl (C=O) groups excluding carboxylic acids is 1. The molecule has 2 unspecified atom stereocenters. The van der Waals surface area contributed by atoms with Crippen LogP contribution < -0.4 is 5.32 Å². The zero-order chi connectivity index (χ0) is 13.7. The molecule has 0 aliphatic rings. The summed E-state index contributed by atoms with van der Waals surface area (Å²) in [6.45, 7) is 2.34. The third-order valence-corrected chi connectivity index (χ3v) is 4.84. The molecule has 1 aromatic rings. The van der Waals surface area contributed by atoms with Crippen LogP contribution in [0.25, 0.3) is 0 Å². The topological polar surface area (TPSA) is 46.2 Å². The Morgan fingerprint density at radius 2 is 2.22 bits per heavy atom. The summed E-state index contributed by atoms with van der Waals surface area (Å²) in [6.07, 6.45) is 2.31. The maximum absolute atomic E-state index is 12.9. The fourth-order valence-corrected chi connectivity index (χ4v) is 2.50. The number of rotatable bonds is 5. The van der Waals surface area contributed by atoms with Crippen LogP contribution >= 0.6 is 22.6 Å². The minimum absolute atomic E-state index is 0.0533. The molecule has 1 aromatic carbocycles. The Bertz CT molecular complexity index is 467. The van der Waals surface area contributed by atoms with Gasteiger partial charge in [-0.05, 0) is 47.2 Å². The number of hydrogen-bond donors (Lipinski definition) is 1. The molecule has 0 aliphatic heterocycles. The summed E-state index contributed by atoms with van der Waals surface area (Å²) >= 11 is 1.93. The summed E-state index contributed by atoms with van der Waals surface area (Å²) in [5.41, 5.74) is 0.460. The van der Waals surface area contributed by atoms with E-state index in [0.717, 1.165) is 0 Å². The maximum atomic E-state index is 12.9. The van der Waals surface area contributed by atoms with E-state index in [1.165, 1.54) is 18.2 Å². The summed E-state index contributed by atoms with van der Waals surface area (Å²) < 4.78 is 24.6. The SMILES string of the molecule is CC(CCNC(=O)c1ccc(F)cc1I)S(C)=O. The number of nitrogens with one attached hydrogen (secondary N) is 1. The molecule has 0 spiro atoms. The van der Waals surface area contributed by atoms with Crippen LogP contribution in [0.3, 0.4) is 0 Å². The van der Waals surface area contributed by atoms with E-state index in [1.807, 2.05) is 29.5 Å². The molecule has 0 aromatic heterocycles. The van der Waals surface area contributed by atoms with E-state index >= 15 is 0 Å². The van der Waals surface area contributed by atoms with Crippen LogP contribution in [0.5, 0.6) is 0 Å². The monoisotopic (exact) mass is 383 g/mol. The van der Waals surface area contributed by atoms with Crippen LogP contribution in [0.4, 0.5) is 4.39 Å². The second-order valence-corrected chi connectivity index (χ2v) is 6.94. The molecule has 1 N–H and O–H groups in total. The average Bonchev–Trinajstić information content (AvgIpc) is 2.28. The van der Waals surface area contributed by atoms with E-state index < -0.39 is 10.8 Å². The van der Waals surface area contributed by atoms with Crippen molar-refractivity contribution in [3.63, 3.8) is 0 Å². The van der Waals surface area contributed by atoms with Gasteiger partial charge in [-0.25, -0.2) is 4.39 Å². The molecule has 0 fully saturated rings. The second-order valence-electron chi connectivity index (χ2n) is 3.98. The molecule has 0 heterocycles. The Labute approximate surface area is 122 Å². The molecule has 1 amide bonds. The smallest absolute Gasteiger partial charge is 0.252 e. The zero-order valence-corrected chi connectivity index (χ0v) is 13.2. The predicted molar refractivity (Wildman–Crippen MR) is 79.6 cm³/mol. The van der Waals surface area contributed by atoms with Crippen LogP contribution in [0.2, 0.25) is 0 Å². The molecule has 0 radical (unpaired) electrons. The van der Waals surface area contributed by atoms with Crippen molar-refractivity contribution in [2.45, 2.75) is 18.6 Å². The number of amides is 1. The van der Waals surface area contributed by atoms with Crippen molar-refractivity contribution in [2.75, 3.05) is 12.8 Å². The van der Waals surface area contributed by atoms with Gasteiger partial charge in [0.25, 0.3) is 5.91 Å². The van der Waals surface area contributed by atoms with Crippen molar-refractivity contribution in [3.05, 3.63) is 33.1 Å². The van der Waals surface area contributed by atoms with Gasteiger partial charge < -0.3 is 5.32 Å². The highest BCUT2D eigenvalue weighted by Gasteiger charge is 2.11. The lowest BCUT2D eigenvalue weighted by Gasteiger charge is -2.10. The standard InChI is InChI=1S/C12H15FINO2S/c1-8(18(2)17)5-6-15-12(16)10-4-3-9(13)7-11(10)14/h3-4,7-8H,5-6H2,1-2H3,(H,15,16). The highest BCUT2D eigenvalue weighted by atomic mass is 127. The Morgan fingerprint density at radius 1 is 1.56 bits per heavy atom. The highest BCUT2D eigenvalue weighted by Crippen LogP contribution is 2.13. The largest absolute Gasteiger partial charge is 0.352 e. The third kappa shape index (κ3) is 4.64. The van der Waals surface area contributed by atoms with E-state index in [4.69, 9.17) is 0 Å². The van der Waals surface area contributed by atoms with Crippen LogP contribution in [-0.2, 0) is 10.8 Å². The fraction of sp³-hybridized carbons (Fsp3) is 0.417.